The summed E-state index contributed by atoms with van der Waals surface area (Å²) in [7, 11) is 0. The molecule has 1 aromatic heterocycles. The maximum absolute atomic E-state index is 12.3. The third kappa shape index (κ3) is 2.85. The number of hydrogen-bond acceptors (Lipinski definition) is 5. The fourth-order valence-electron chi connectivity index (χ4n) is 2.37. The van der Waals surface area contributed by atoms with Gasteiger partial charge in [0.15, 0.2) is 11.5 Å². The lowest BCUT2D eigenvalue weighted by molar-refractivity contribution is -0.131. The number of aromatic hydroxyl groups is 2. The fourth-order valence-corrected chi connectivity index (χ4v) is 2.37. The lowest BCUT2D eigenvalue weighted by Gasteiger charge is -2.08. The summed E-state index contributed by atoms with van der Waals surface area (Å²) in [6, 6.07) is 10.9. The SMILES string of the molecule is O=C(O)/C=C/c1cc(O)c(O)cc1-c1cc2ccccc2oc1=O. The van der Waals surface area contributed by atoms with Crippen molar-refractivity contribution in [1.29, 1.82) is 0 Å². The normalized spacial score (nSPS) is 11.2. The number of hydrogen-bond donors (Lipinski definition) is 3. The Hall–Kier alpha value is -3.54. The number of benzene rings is 2. The first-order valence-electron chi connectivity index (χ1n) is 6.96. The van der Waals surface area contributed by atoms with Gasteiger partial charge in [0.2, 0.25) is 0 Å². The molecule has 3 rings (SSSR count). The molecule has 0 aliphatic heterocycles. The zero-order chi connectivity index (χ0) is 17.3. The van der Waals surface area contributed by atoms with E-state index < -0.39 is 23.1 Å². The largest absolute Gasteiger partial charge is 0.504 e. The van der Waals surface area contributed by atoms with Gasteiger partial charge < -0.3 is 19.7 Å². The van der Waals surface area contributed by atoms with E-state index in [0.29, 0.717) is 11.0 Å². The van der Waals surface area contributed by atoms with Crippen LogP contribution in [0.5, 0.6) is 11.5 Å². The molecule has 120 valence electrons. The summed E-state index contributed by atoms with van der Waals surface area (Å²) in [5.41, 5.74) is 0.437. The molecule has 6 heteroatoms. The first-order valence-corrected chi connectivity index (χ1v) is 6.96. The van der Waals surface area contributed by atoms with Crippen LogP contribution in [0, 0.1) is 0 Å². The topological polar surface area (TPSA) is 108 Å². The minimum atomic E-state index is -1.18. The van der Waals surface area contributed by atoms with Gasteiger partial charge in [-0.25, -0.2) is 9.59 Å². The van der Waals surface area contributed by atoms with Crippen molar-refractivity contribution in [2.45, 2.75) is 0 Å². The molecular formula is C18H12O6. The summed E-state index contributed by atoms with van der Waals surface area (Å²) in [5.74, 6) is -2.03. The zero-order valence-corrected chi connectivity index (χ0v) is 12.3. The van der Waals surface area contributed by atoms with Gasteiger partial charge >= 0.3 is 11.6 Å². The summed E-state index contributed by atoms with van der Waals surface area (Å²) in [6.45, 7) is 0. The van der Waals surface area contributed by atoms with Gasteiger partial charge in [0.25, 0.3) is 0 Å². The molecular weight excluding hydrogens is 312 g/mol. The Morgan fingerprint density at radius 1 is 1.00 bits per heavy atom. The van der Waals surface area contributed by atoms with Crippen LogP contribution in [0.15, 0.2) is 57.8 Å². The number of phenols is 2. The van der Waals surface area contributed by atoms with Crippen molar-refractivity contribution in [1.82, 2.24) is 0 Å². The highest BCUT2D eigenvalue weighted by molar-refractivity contribution is 5.90. The van der Waals surface area contributed by atoms with Gasteiger partial charge in [-0.15, -0.1) is 0 Å². The average molecular weight is 324 g/mol. The van der Waals surface area contributed by atoms with Crippen LogP contribution in [-0.2, 0) is 4.79 Å². The molecule has 0 atom stereocenters. The molecule has 24 heavy (non-hydrogen) atoms. The molecule has 6 nitrogen and oxygen atoms in total. The molecule has 0 spiro atoms. The van der Waals surface area contributed by atoms with Gasteiger partial charge in [-0.2, -0.15) is 0 Å². The first-order chi connectivity index (χ1) is 11.5. The summed E-state index contributed by atoms with van der Waals surface area (Å²) < 4.78 is 5.26. The first kappa shape index (κ1) is 15.4. The van der Waals surface area contributed by atoms with Crippen LogP contribution in [0.1, 0.15) is 5.56 Å². The molecule has 2 aromatic carbocycles. The number of aliphatic carboxylic acids is 1. The van der Waals surface area contributed by atoms with Crippen molar-refractivity contribution >= 4 is 23.0 Å². The Balaban J connectivity index is 2.28. The number of phenolic OH excluding ortho intramolecular Hbond substituents is 2. The van der Waals surface area contributed by atoms with E-state index >= 15 is 0 Å². The predicted molar refractivity (Wildman–Crippen MR) is 87.9 cm³/mol. The van der Waals surface area contributed by atoms with E-state index in [2.05, 4.69) is 0 Å². The molecule has 0 saturated carbocycles. The van der Waals surface area contributed by atoms with E-state index in [9.17, 15) is 19.8 Å². The summed E-state index contributed by atoms with van der Waals surface area (Å²) >= 11 is 0. The number of carboxylic acid groups (broad SMARTS) is 1. The van der Waals surface area contributed by atoms with E-state index in [4.69, 9.17) is 9.52 Å². The second-order valence-electron chi connectivity index (χ2n) is 5.09. The quantitative estimate of drug-likeness (QED) is 0.388. The predicted octanol–water partition coefficient (Wildman–Crippen LogP) is 2.97. The number of rotatable bonds is 3. The third-order valence-electron chi connectivity index (χ3n) is 3.48. The molecule has 0 radical (unpaired) electrons. The molecule has 0 unspecified atom stereocenters. The van der Waals surface area contributed by atoms with E-state index in [0.717, 1.165) is 6.08 Å². The van der Waals surface area contributed by atoms with Crippen LogP contribution in [0.2, 0.25) is 0 Å². The molecule has 0 bridgehead atoms. The zero-order valence-electron chi connectivity index (χ0n) is 12.3. The molecule has 3 aromatic rings. The van der Waals surface area contributed by atoms with Crippen molar-refractivity contribution in [3.63, 3.8) is 0 Å². The highest BCUT2D eigenvalue weighted by Crippen LogP contribution is 2.34. The maximum atomic E-state index is 12.3. The van der Waals surface area contributed by atoms with Crippen molar-refractivity contribution in [2.75, 3.05) is 0 Å². The lowest BCUT2D eigenvalue weighted by Crippen LogP contribution is -2.03. The van der Waals surface area contributed by atoms with Crippen LogP contribution in [0.25, 0.3) is 28.2 Å². The number of para-hydroxylation sites is 1. The lowest BCUT2D eigenvalue weighted by atomic mass is 9.98. The van der Waals surface area contributed by atoms with Crippen LogP contribution in [0.4, 0.5) is 0 Å². The van der Waals surface area contributed by atoms with E-state index in [1.54, 1.807) is 30.3 Å². The number of fused-ring (bicyclic) bond motifs is 1. The molecule has 0 aliphatic carbocycles. The minimum absolute atomic E-state index is 0.147. The molecule has 0 fully saturated rings. The van der Waals surface area contributed by atoms with Gasteiger partial charge in [0, 0.05) is 17.0 Å². The fraction of sp³-hybridized carbons (Fsp3) is 0. The second kappa shape index (κ2) is 5.92. The molecule has 3 N–H and O–H groups in total. The Morgan fingerprint density at radius 3 is 2.46 bits per heavy atom. The van der Waals surface area contributed by atoms with Crippen molar-refractivity contribution in [2.24, 2.45) is 0 Å². The molecule has 0 amide bonds. The smallest absolute Gasteiger partial charge is 0.344 e. The monoisotopic (exact) mass is 324 g/mol. The van der Waals surface area contributed by atoms with Crippen molar-refractivity contribution in [3.8, 4) is 22.6 Å². The average Bonchev–Trinajstić information content (AvgIpc) is 2.55. The minimum Gasteiger partial charge on any atom is -0.504 e. The van der Waals surface area contributed by atoms with Gasteiger partial charge in [0.1, 0.15) is 5.58 Å². The number of carboxylic acids is 1. The third-order valence-corrected chi connectivity index (χ3v) is 3.48. The molecule has 0 aliphatic rings. The van der Waals surface area contributed by atoms with Crippen LogP contribution in [-0.4, -0.2) is 21.3 Å². The van der Waals surface area contributed by atoms with Crippen LogP contribution < -0.4 is 5.63 Å². The van der Waals surface area contributed by atoms with E-state index in [-0.39, 0.29) is 16.7 Å². The maximum Gasteiger partial charge on any atom is 0.344 e. The van der Waals surface area contributed by atoms with E-state index in [1.807, 2.05) is 0 Å². The standard InChI is InChI=1S/C18H12O6/c19-14-8-10(5-6-17(21)22)12(9-15(14)20)13-7-11-3-1-2-4-16(11)24-18(13)23/h1-9,19-20H,(H,21,22)/b6-5+. The highest BCUT2D eigenvalue weighted by Gasteiger charge is 2.14. The Morgan fingerprint density at radius 2 is 1.71 bits per heavy atom. The Labute approximate surface area is 135 Å². The van der Waals surface area contributed by atoms with Gasteiger partial charge in [0.05, 0.1) is 5.56 Å². The van der Waals surface area contributed by atoms with Gasteiger partial charge in [-0.05, 0) is 35.9 Å². The van der Waals surface area contributed by atoms with Gasteiger partial charge in [-0.1, -0.05) is 18.2 Å². The summed E-state index contributed by atoms with van der Waals surface area (Å²) in [6.07, 6.45) is 2.10. The highest BCUT2D eigenvalue weighted by atomic mass is 16.4. The molecule has 1 heterocycles. The number of carbonyl (C=O) groups is 1. The second-order valence-corrected chi connectivity index (χ2v) is 5.09. The summed E-state index contributed by atoms with van der Waals surface area (Å²) in [5, 5.41) is 28.8. The summed E-state index contributed by atoms with van der Waals surface area (Å²) in [4.78, 5) is 23.0. The molecule has 0 saturated heterocycles. The van der Waals surface area contributed by atoms with Crippen molar-refractivity contribution in [3.05, 3.63) is 64.5 Å². The van der Waals surface area contributed by atoms with Crippen LogP contribution >= 0.6 is 0 Å². The van der Waals surface area contributed by atoms with Crippen molar-refractivity contribution < 1.29 is 24.5 Å². The Bertz CT molecular complexity index is 1030. The van der Waals surface area contributed by atoms with Crippen LogP contribution in [0.3, 0.4) is 0 Å². The Kier molecular flexibility index (Phi) is 3.79. The van der Waals surface area contributed by atoms with E-state index in [1.165, 1.54) is 18.2 Å². The van der Waals surface area contributed by atoms with Gasteiger partial charge in [-0.3, -0.25) is 0 Å².